The van der Waals surface area contributed by atoms with Gasteiger partial charge in [0.1, 0.15) is 16.5 Å². The fourth-order valence-corrected chi connectivity index (χ4v) is 4.16. The molecule has 6 heteroatoms. The summed E-state index contributed by atoms with van der Waals surface area (Å²) in [7, 11) is 0. The first kappa shape index (κ1) is 17.1. The van der Waals surface area contributed by atoms with Gasteiger partial charge in [-0.1, -0.05) is 30.3 Å². The first-order valence-electron chi connectivity index (χ1n) is 8.49. The molecule has 4 aromatic rings. The maximum atomic E-state index is 11.7. The van der Waals surface area contributed by atoms with Gasteiger partial charge in [-0.15, -0.1) is 11.3 Å². The molecule has 4 rings (SSSR count). The second-order valence-corrected chi connectivity index (χ2v) is 7.02. The van der Waals surface area contributed by atoms with Crippen molar-refractivity contribution in [2.75, 3.05) is 6.61 Å². The number of nitrogens with zero attached hydrogens (tertiary/aromatic N) is 3. The van der Waals surface area contributed by atoms with Crippen LogP contribution in [-0.2, 0) is 0 Å². The summed E-state index contributed by atoms with van der Waals surface area (Å²) in [6.45, 7) is 3.80. The Hall–Kier alpha value is -3.30. The van der Waals surface area contributed by atoms with Crippen molar-refractivity contribution in [1.29, 1.82) is 5.26 Å². The smallest absolute Gasteiger partial charge is 0.233 e. The van der Waals surface area contributed by atoms with Gasteiger partial charge in [-0.05, 0) is 25.5 Å². The molecule has 0 radical (unpaired) electrons. The number of hydrogen-bond acceptors (Lipinski definition) is 6. The zero-order valence-corrected chi connectivity index (χ0v) is 15.6. The fraction of sp³-hybridized carbons (Fsp3) is 0.143. The van der Waals surface area contributed by atoms with Crippen LogP contribution >= 0.6 is 11.3 Å². The van der Waals surface area contributed by atoms with Gasteiger partial charge in [-0.25, -0.2) is 4.98 Å². The summed E-state index contributed by atoms with van der Waals surface area (Å²) < 4.78 is 6.52. The van der Waals surface area contributed by atoms with Crippen molar-refractivity contribution in [2.24, 2.45) is 0 Å². The summed E-state index contributed by atoms with van der Waals surface area (Å²) in [6, 6.07) is 13.8. The minimum Gasteiger partial charge on any atom is -0.477 e. The van der Waals surface area contributed by atoms with Gasteiger partial charge < -0.3 is 4.74 Å². The lowest BCUT2D eigenvalue weighted by atomic mass is 9.98. The van der Waals surface area contributed by atoms with Crippen molar-refractivity contribution < 1.29 is 9.53 Å². The minimum atomic E-state index is -0.0363. The third kappa shape index (κ3) is 2.82. The molecular weight excluding hydrogens is 358 g/mol. The lowest BCUT2D eigenvalue weighted by Gasteiger charge is -2.11. The summed E-state index contributed by atoms with van der Waals surface area (Å²) in [4.78, 5) is 21.6. The van der Waals surface area contributed by atoms with Crippen molar-refractivity contribution >= 4 is 37.6 Å². The van der Waals surface area contributed by atoms with E-state index in [9.17, 15) is 10.1 Å². The molecule has 0 saturated carbocycles. The minimum absolute atomic E-state index is 0.0363. The Kier molecular flexibility index (Phi) is 4.30. The largest absolute Gasteiger partial charge is 0.477 e. The van der Waals surface area contributed by atoms with Crippen molar-refractivity contribution in [3.8, 4) is 23.1 Å². The molecule has 0 N–H and O–H groups in total. The molecule has 0 aliphatic heterocycles. The Morgan fingerprint density at radius 3 is 2.74 bits per heavy atom. The number of Topliss-reactive ketones (excluding diaryl/α,β-unsaturated/α-hetero) is 1. The van der Waals surface area contributed by atoms with E-state index in [0.29, 0.717) is 23.6 Å². The predicted octanol–water partition coefficient (Wildman–Crippen LogP) is 4.98. The highest BCUT2D eigenvalue weighted by Crippen LogP contribution is 2.42. The van der Waals surface area contributed by atoms with E-state index in [0.717, 1.165) is 31.6 Å². The summed E-state index contributed by atoms with van der Waals surface area (Å²) in [5.41, 5.74) is 3.36. The number of hydrogen-bond donors (Lipinski definition) is 0. The summed E-state index contributed by atoms with van der Waals surface area (Å²) in [5, 5.41) is 10.7. The number of carbonyl (C=O) groups is 1. The third-order valence-electron chi connectivity index (χ3n) is 4.29. The maximum Gasteiger partial charge on any atom is 0.233 e. The van der Waals surface area contributed by atoms with E-state index in [4.69, 9.17) is 4.74 Å². The molecule has 0 spiro atoms. The monoisotopic (exact) mass is 373 g/mol. The number of ketones is 1. The zero-order chi connectivity index (χ0) is 19.0. The molecule has 3 aromatic heterocycles. The van der Waals surface area contributed by atoms with Gasteiger partial charge in [0.15, 0.2) is 5.78 Å². The van der Waals surface area contributed by atoms with Gasteiger partial charge >= 0.3 is 0 Å². The number of rotatable bonds is 4. The highest BCUT2D eigenvalue weighted by molar-refractivity contribution is 7.25. The molecule has 0 aliphatic carbocycles. The van der Waals surface area contributed by atoms with Gasteiger partial charge in [0.2, 0.25) is 5.88 Å². The molecule has 27 heavy (non-hydrogen) atoms. The number of carbonyl (C=O) groups excluding carboxylic acids is 1. The van der Waals surface area contributed by atoms with Crippen molar-refractivity contribution in [2.45, 2.75) is 13.8 Å². The van der Waals surface area contributed by atoms with Gasteiger partial charge in [0.05, 0.1) is 16.8 Å². The van der Waals surface area contributed by atoms with Crippen LogP contribution in [0.1, 0.15) is 29.8 Å². The van der Waals surface area contributed by atoms with Crippen LogP contribution in [0.4, 0.5) is 0 Å². The zero-order valence-electron chi connectivity index (χ0n) is 14.8. The molecule has 0 amide bonds. The fourth-order valence-electron chi connectivity index (χ4n) is 3.08. The average molecular weight is 373 g/mol. The van der Waals surface area contributed by atoms with Crippen LogP contribution in [-0.4, -0.2) is 22.4 Å². The van der Waals surface area contributed by atoms with Crippen LogP contribution in [0.25, 0.3) is 31.6 Å². The number of aromatic nitrogens is 2. The van der Waals surface area contributed by atoms with Gasteiger partial charge in [-0.3, -0.25) is 9.78 Å². The molecule has 0 atom stereocenters. The molecule has 0 bridgehead atoms. The number of fused-ring (bicyclic) bond motifs is 3. The van der Waals surface area contributed by atoms with E-state index in [2.05, 4.69) is 16.0 Å². The molecule has 0 saturated heterocycles. The standard InChI is InChI=1S/C21H15N3O2S/c1-3-26-20-15(10-22)17(13-7-5-4-6-8-13)18-19-16(27-21(18)24-20)9-14(11-23-19)12(2)25/h4-9,11H,3H2,1-2H3. The van der Waals surface area contributed by atoms with Crippen LogP contribution in [0, 0.1) is 11.3 Å². The number of benzene rings is 1. The van der Waals surface area contributed by atoms with Gasteiger partial charge in [-0.2, -0.15) is 5.26 Å². The normalized spacial score (nSPS) is 10.9. The number of thiophene rings is 1. The average Bonchev–Trinajstić information content (AvgIpc) is 3.04. The molecular formula is C21H15N3O2S. The maximum absolute atomic E-state index is 11.7. The molecule has 0 aliphatic rings. The molecule has 1 aromatic carbocycles. The summed E-state index contributed by atoms with van der Waals surface area (Å²) in [5.74, 6) is 0.288. The number of pyridine rings is 2. The Labute approximate surface area is 159 Å². The lowest BCUT2D eigenvalue weighted by molar-refractivity contribution is 0.101. The Balaban J connectivity index is 2.16. The van der Waals surface area contributed by atoms with Gasteiger partial charge in [0.25, 0.3) is 0 Å². The van der Waals surface area contributed by atoms with E-state index in [1.54, 1.807) is 6.20 Å². The third-order valence-corrected chi connectivity index (χ3v) is 5.31. The van der Waals surface area contributed by atoms with Crippen LogP contribution in [0.2, 0.25) is 0 Å². The molecule has 5 nitrogen and oxygen atoms in total. The molecule has 0 fully saturated rings. The van der Waals surface area contributed by atoms with Crippen molar-refractivity contribution in [3.63, 3.8) is 0 Å². The van der Waals surface area contributed by atoms with E-state index < -0.39 is 0 Å². The number of ether oxygens (including phenoxy) is 1. The van der Waals surface area contributed by atoms with E-state index in [-0.39, 0.29) is 5.78 Å². The van der Waals surface area contributed by atoms with E-state index >= 15 is 0 Å². The Bertz CT molecular complexity index is 1220. The van der Waals surface area contributed by atoms with E-state index in [1.807, 2.05) is 43.3 Å². The summed E-state index contributed by atoms with van der Waals surface area (Å²) >= 11 is 1.45. The molecule has 132 valence electrons. The summed E-state index contributed by atoms with van der Waals surface area (Å²) in [6.07, 6.45) is 1.58. The second-order valence-electron chi connectivity index (χ2n) is 5.99. The second kappa shape index (κ2) is 6.78. The predicted molar refractivity (Wildman–Crippen MR) is 106 cm³/mol. The van der Waals surface area contributed by atoms with Crippen LogP contribution in [0.15, 0.2) is 42.6 Å². The highest BCUT2D eigenvalue weighted by atomic mass is 32.1. The first-order valence-corrected chi connectivity index (χ1v) is 9.31. The van der Waals surface area contributed by atoms with Crippen LogP contribution < -0.4 is 4.74 Å². The van der Waals surface area contributed by atoms with Crippen molar-refractivity contribution in [3.05, 3.63) is 53.7 Å². The highest BCUT2D eigenvalue weighted by Gasteiger charge is 2.22. The van der Waals surface area contributed by atoms with Gasteiger partial charge in [0, 0.05) is 22.7 Å². The number of nitriles is 1. The van der Waals surface area contributed by atoms with Crippen molar-refractivity contribution in [1.82, 2.24) is 9.97 Å². The SMILES string of the molecule is CCOc1nc2sc3cc(C(C)=O)cnc3c2c(-c2ccccc2)c1C#N. The van der Waals surface area contributed by atoms with Crippen LogP contribution in [0.3, 0.4) is 0 Å². The first-order chi connectivity index (χ1) is 13.1. The lowest BCUT2D eigenvalue weighted by Crippen LogP contribution is -2.00. The van der Waals surface area contributed by atoms with Crippen LogP contribution in [0.5, 0.6) is 5.88 Å². The quantitative estimate of drug-likeness (QED) is 0.471. The molecule has 3 heterocycles. The molecule has 0 unspecified atom stereocenters. The Morgan fingerprint density at radius 2 is 2.07 bits per heavy atom. The van der Waals surface area contributed by atoms with E-state index in [1.165, 1.54) is 18.3 Å². The topological polar surface area (TPSA) is 75.9 Å². The Morgan fingerprint density at radius 1 is 1.30 bits per heavy atom.